The molecule has 4 fully saturated rings. The van der Waals surface area contributed by atoms with Gasteiger partial charge in [-0.2, -0.15) is 0 Å². The van der Waals surface area contributed by atoms with Crippen LogP contribution in [0.4, 0.5) is 15.7 Å². The number of amides is 2. The molecule has 1 N–H and O–H groups in total. The number of aryl methyl sites for hydroxylation is 2. The minimum Gasteiger partial charge on any atom is -0.444 e. The molecule has 0 aromatic carbocycles. The summed E-state index contributed by atoms with van der Waals surface area (Å²) in [6.07, 6.45) is 3.30. The van der Waals surface area contributed by atoms with Crippen molar-refractivity contribution in [3.63, 3.8) is 0 Å². The Hall–Kier alpha value is -3.05. The summed E-state index contributed by atoms with van der Waals surface area (Å²) in [4.78, 5) is 45.4. The first-order chi connectivity index (χ1) is 18.0. The topological polar surface area (TPSA) is 101 Å². The molecule has 3 aromatic rings. The number of carbonyl (C=O) groups excluding carboxylic acids is 2. The van der Waals surface area contributed by atoms with Crippen molar-refractivity contribution in [2.75, 3.05) is 18.4 Å². The molecule has 198 valence electrons. The SMILES string of the molecule is Cc1nc(C)c(-c2csc(Nc3ccc(C(=O)N4C56C[C@@H]5C5C[C@@]54CN(C(=O)OC(C)(C)C)C6)cn3)n2)s1. The molecule has 2 spiro atoms. The third-order valence-electron chi connectivity index (χ3n) is 8.25. The number of likely N-dealkylation sites (tertiary alicyclic amines) is 1. The van der Waals surface area contributed by atoms with Gasteiger partial charge in [0.05, 0.1) is 37.9 Å². The molecule has 2 saturated carbocycles. The van der Waals surface area contributed by atoms with Gasteiger partial charge in [-0.25, -0.2) is 19.7 Å². The Morgan fingerprint density at radius 1 is 1.11 bits per heavy atom. The molecule has 38 heavy (non-hydrogen) atoms. The van der Waals surface area contributed by atoms with Crippen LogP contribution in [-0.2, 0) is 4.74 Å². The summed E-state index contributed by atoms with van der Waals surface area (Å²) >= 11 is 3.15. The third-order valence-corrected chi connectivity index (χ3v) is 10.1. The van der Waals surface area contributed by atoms with Crippen LogP contribution < -0.4 is 5.32 Å². The summed E-state index contributed by atoms with van der Waals surface area (Å²) in [5.74, 6) is 1.63. The highest BCUT2D eigenvalue weighted by atomic mass is 32.1. The Bertz CT molecular complexity index is 1450. The van der Waals surface area contributed by atoms with Crippen molar-refractivity contribution in [1.82, 2.24) is 24.8 Å². The van der Waals surface area contributed by atoms with E-state index in [2.05, 4.69) is 20.2 Å². The van der Waals surface area contributed by atoms with Crippen LogP contribution in [-0.4, -0.2) is 66.5 Å². The van der Waals surface area contributed by atoms with Crippen LogP contribution in [0.1, 0.15) is 54.7 Å². The van der Waals surface area contributed by atoms with Crippen LogP contribution in [0, 0.1) is 25.7 Å². The Kier molecular flexibility index (Phi) is 4.90. The van der Waals surface area contributed by atoms with E-state index in [9.17, 15) is 9.59 Å². The number of nitrogens with one attached hydrogen (secondary N) is 1. The molecule has 2 aliphatic carbocycles. The number of nitrogens with zero attached hydrogens (tertiary/aromatic N) is 5. The van der Waals surface area contributed by atoms with Gasteiger partial charge in [-0.05, 0) is 71.4 Å². The highest BCUT2D eigenvalue weighted by molar-refractivity contribution is 7.16. The molecule has 2 saturated heterocycles. The van der Waals surface area contributed by atoms with E-state index in [0.29, 0.717) is 36.3 Å². The predicted octanol–water partition coefficient (Wildman–Crippen LogP) is 5.25. The van der Waals surface area contributed by atoms with Crippen molar-refractivity contribution in [2.24, 2.45) is 11.8 Å². The number of anilines is 2. The van der Waals surface area contributed by atoms with E-state index in [1.54, 1.807) is 17.5 Å². The second-order valence-electron chi connectivity index (χ2n) is 12.0. The number of aromatic nitrogens is 3. The average Bonchev–Trinajstić information content (AvgIpc) is 3.57. The highest BCUT2D eigenvalue weighted by Crippen LogP contribution is 2.77. The van der Waals surface area contributed by atoms with Crippen LogP contribution in [0.15, 0.2) is 23.7 Å². The van der Waals surface area contributed by atoms with E-state index in [-0.39, 0.29) is 23.1 Å². The van der Waals surface area contributed by atoms with Crippen molar-refractivity contribution in [3.05, 3.63) is 40.0 Å². The van der Waals surface area contributed by atoms with Crippen LogP contribution in [0.5, 0.6) is 0 Å². The highest BCUT2D eigenvalue weighted by Gasteiger charge is 2.86. The quantitative estimate of drug-likeness (QED) is 0.474. The fourth-order valence-electron chi connectivity index (χ4n) is 6.75. The standard InChI is InChI=1S/C27H30N6O3S2/c1-14-21(38-15(2)29-14)19-11-37-23(30-19)31-20-7-6-16(10-28-20)22(34)33-26-8-17(26)18-9-27(18,33)13-32(12-26)24(35)36-25(3,4)5/h6-7,10-11,17-18H,8-9,12-13H2,1-5H3,(H,28,30,31)/t17-,18?,26?,27-/m1/s1. The summed E-state index contributed by atoms with van der Waals surface area (Å²) in [6.45, 7) is 10.8. The number of piperidine rings is 2. The summed E-state index contributed by atoms with van der Waals surface area (Å²) in [5.41, 5.74) is 1.43. The summed E-state index contributed by atoms with van der Waals surface area (Å²) in [6, 6.07) is 3.67. The van der Waals surface area contributed by atoms with E-state index in [4.69, 9.17) is 9.72 Å². The van der Waals surface area contributed by atoms with Gasteiger partial charge >= 0.3 is 6.09 Å². The zero-order valence-electron chi connectivity index (χ0n) is 22.1. The molecule has 3 aromatic heterocycles. The maximum atomic E-state index is 13.8. The molecule has 7 rings (SSSR count). The van der Waals surface area contributed by atoms with Crippen molar-refractivity contribution in [2.45, 2.75) is 64.1 Å². The van der Waals surface area contributed by atoms with E-state index >= 15 is 0 Å². The number of pyridine rings is 1. The second kappa shape index (κ2) is 7.75. The minimum absolute atomic E-state index is 0.0166. The van der Waals surface area contributed by atoms with Crippen LogP contribution in [0.25, 0.3) is 10.6 Å². The van der Waals surface area contributed by atoms with Crippen molar-refractivity contribution < 1.29 is 14.3 Å². The van der Waals surface area contributed by atoms with Crippen LogP contribution >= 0.6 is 22.7 Å². The molecule has 11 heteroatoms. The molecule has 2 bridgehead atoms. The molecule has 4 aliphatic rings. The first-order valence-electron chi connectivity index (χ1n) is 12.9. The van der Waals surface area contributed by atoms with Gasteiger partial charge in [0.25, 0.3) is 5.91 Å². The van der Waals surface area contributed by atoms with E-state index < -0.39 is 5.60 Å². The molecule has 2 amide bonds. The van der Waals surface area contributed by atoms with Gasteiger partial charge in [0.2, 0.25) is 0 Å². The molecule has 5 heterocycles. The molecule has 9 nitrogen and oxygen atoms in total. The molecule has 0 radical (unpaired) electrons. The van der Waals surface area contributed by atoms with Gasteiger partial charge in [0.15, 0.2) is 5.13 Å². The number of thiazole rings is 2. The Labute approximate surface area is 229 Å². The number of hydrogen-bond acceptors (Lipinski definition) is 9. The number of rotatable bonds is 4. The van der Waals surface area contributed by atoms with Crippen LogP contribution in [0.2, 0.25) is 0 Å². The molecule has 2 unspecified atom stereocenters. The monoisotopic (exact) mass is 550 g/mol. The lowest BCUT2D eigenvalue weighted by Crippen LogP contribution is -2.63. The Morgan fingerprint density at radius 2 is 1.82 bits per heavy atom. The number of ether oxygens (including phenoxy) is 1. The number of piperazine rings is 1. The molecule has 2 aliphatic heterocycles. The number of fused-ring (bicyclic) bond motifs is 1. The fraction of sp³-hybridized carbons (Fsp3) is 0.519. The van der Waals surface area contributed by atoms with Gasteiger partial charge in [0, 0.05) is 24.7 Å². The molecular formula is C27H30N6O3S2. The van der Waals surface area contributed by atoms with Gasteiger partial charge < -0.3 is 19.9 Å². The summed E-state index contributed by atoms with van der Waals surface area (Å²) in [5, 5.41) is 7.05. The Balaban J connectivity index is 1.06. The lowest BCUT2D eigenvalue weighted by atomic mass is 10.0. The van der Waals surface area contributed by atoms with E-state index in [1.165, 1.54) is 11.3 Å². The maximum absolute atomic E-state index is 13.8. The van der Waals surface area contributed by atoms with Crippen LogP contribution in [0.3, 0.4) is 0 Å². The van der Waals surface area contributed by atoms with E-state index in [1.807, 2.05) is 57.0 Å². The third kappa shape index (κ3) is 3.58. The van der Waals surface area contributed by atoms with Crippen molar-refractivity contribution >= 4 is 45.6 Å². The number of carbonyl (C=O) groups is 2. The zero-order chi connectivity index (χ0) is 26.6. The average molecular weight is 551 g/mol. The molecular weight excluding hydrogens is 520 g/mol. The summed E-state index contributed by atoms with van der Waals surface area (Å²) in [7, 11) is 0. The van der Waals surface area contributed by atoms with Gasteiger partial charge in [-0.3, -0.25) is 4.79 Å². The van der Waals surface area contributed by atoms with Gasteiger partial charge in [-0.15, -0.1) is 22.7 Å². The minimum atomic E-state index is -0.537. The van der Waals surface area contributed by atoms with Gasteiger partial charge in [-0.1, -0.05) is 0 Å². The maximum Gasteiger partial charge on any atom is 0.410 e. The lowest BCUT2D eigenvalue weighted by molar-refractivity contribution is -0.0154. The Morgan fingerprint density at radius 3 is 2.39 bits per heavy atom. The zero-order valence-corrected chi connectivity index (χ0v) is 23.7. The first-order valence-corrected chi connectivity index (χ1v) is 14.6. The summed E-state index contributed by atoms with van der Waals surface area (Å²) < 4.78 is 5.66. The fourth-order valence-corrected chi connectivity index (χ4v) is 8.42. The van der Waals surface area contributed by atoms with Crippen molar-refractivity contribution in [1.29, 1.82) is 0 Å². The van der Waals surface area contributed by atoms with Gasteiger partial charge in [0.1, 0.15) is 11.4 Å². The first kappa shape index (κ1) is 24.0. The lowest BCUT2D eigenvalue weighted by Gasteiger charge is -2.46. The predicted molar refractivity (Wildman–Crippen MR) is 146 cm³/mol. The van der Waals surface area contributed by atoms with E-state index in [0.717, 1.165) is 39.2 Å². The smallest absolute Gasteiger partial charge is 0.410 e. The normalized spacial score (nSPS) is 28.6. The van der Waals surface area contributed by atoms with Crippen molar-refractivity contribution in [3.8, 4) is 10.6 Å². The molecule has 4 atom stereocenters. The second-order valence-corrected chi connectivity index (χ2v) is 14.1. The number of hydrogen-bond donors (Lipinski definition) is 1. The largest absolute Gasteiger partial charge is 0.444 e.